The van der Waals surface area contributed by atoms with Crippen LogP contribution in [0.15, 0.2) is 60.0 Å². The van der Waals surface area contributed by atoms with Crippen molar-refractivity contribution in [3.8, 4) is 5.75 Å². The summed E-state index contributed by atoms with van der Waals surface area (Å²) in [4.78, 5) is 28.3. The molecule has 0 atom stereocenters. The van der Waals surface area contributed by atoms with E-state index in [2.05, 4.69) is 15.6 Å². The summed E-state index contributed by atoms with van der Waals surface area (Å²) >= 11 is 1.39. The third-order valence-electron chi connectivity index (χ3n) is 3.89. The molecule has 0 unspecified atom stereocenters. The standard InChI is InChI=1S/C21H21N3O3S/c1-15-14-28-21(23-15)24-20(26)17-9-7-16(8-10-17)13-22-19(25)11-12-27-18-5-3-2-4-6-18/h2-10,14H,11-13H2,1H3,(H,22,25)(H,23,24,26). The maximum absolute atomic E-state index is 12.2. The van der Waals surface area contributed by atoms with Crippen LogP contribution in [0.1, 0.15) is 28.0 Å². The number of carbonyl (C=O) groups excluding carboxylic acids is 2. The first kappa shape index (κ1) is 19.6. The second-order valence-electron chi connectivity index (χ2n) is 6.13. The zero-order chi connectivity index (χ0) is 19.8. The van der Waals surface area contributed by atoms with Crippen molar-refractivity contribution in [3.05, 3.63) is 76.8 Å². The molecule has 3 rings (SSSR count). The first-order valence-corrected chi connectivity index (χ1v) is 9.75. The third kappa shape index (κ3) is 5.92. The molecule has 0 aliphatic rings. The number of anilines is 1. The zero-order valence-electron chi connectivity index (χ0n) is 15.5. The molecule has 6 nitrogen and oxygen atoms in total. The van der Waals surface area contributed by atoms with E-state index in [-0.39, 0.29) is 18.2 Å². The van der Waals surface area contributed by atoms with E-state index in [9.17, 15) is 9.59 Å². The number of amides is 2. The lowest BCUT2D eigenvalue weighted by Gasteiger charge is -2.08. The SMILES string of the molecule is Cc1csc(NC(=O)c2ccc(CNC(=O)CCOc3ccccc3)cc2)n1. The van der Waals surface area contributed by atoms with E-state index in [4.69, 9.17) is 4.74 Å². The number of carbonyl (C=O) groups is 2. The number of nitrogens with zero attached hydrogens (tertiary/aromatic N) is 1. The molecule has 0 aliphatic carbocycles. The fourth-order valence-corrected chi connectivity index (χ4v) is 3.11. The largest absolute Gasteiger partial charge is 0.493 e. The van der Waals surface area contributed by atoms with Crippen molar-refractivity contribution in [3.63, 3.8) is 0 Å². The predicted octanol–water partition coefficient (Wildman–Crippen LogP) is 3.79. The summed E-state index contributed by atoms with van der Waals surface area (Å²) < 4.78 is 5.51. The molecular formula is C21H21N3O3S. The van der Waals surface area contributed by atoms with Crippen molar-refractivity contribution in [2.24, 2.45) is 0 Å². The smallest absolute Gasteiger partial charge is 0.257 e. The van der Waals surface area contributed by atoms with Crippen LogP contribution in [0.4, 0.5) is 5.13 Å². The average molecular weight is 395 g/mol. The van der Waals surface area contributed by atoms with Gasteiger partial charge in [-0.15, -0.1) is 11.3 Å². The highest BCUT2D eigenvalue weighted by molar-refractivity contribution is 7.13. The molecule has 0 spiro atoms. The Hall–Kier alpha value is -3.19. The van der Waals surface area contributed by atoms with Crippen LogP contribution in [0.3, 0.4) is 0 Å². The van der Waals surface area contributed by atoms with Crippen LogP contribution in [0, 0.1) is 6.92 Å². The highest BCUT2D eigenvalue weighted by Crippen LogP contribution is 2.16. The Balaban J connectivity index is 1.41. The minimum atomic E-state index is -0.206. The van der Waals surface area contributed by atoms with Crippen LogP contribution in [0.25, 0.3) is 0 Å². The maximum atomic E-state index is 12.2. The summed E-state index contributed by atoms with van der Waals surface area (Å²) in [5.74, 6) is 0.456. The van der Waals surface area contributed by atoms with E-state index in [0.717, 1.165) is 17.0 Å². The van der Waals surface area contributed by atoms with E-state index in [1.807, 2.05) is 54.8 Å². The fourth-order valence-electron chi connectivity index (χ4n) is 2.42. The van der Waals surface area contributed by atoms with Crippen LogP contribution in [0.5, 0.6) is 5.75 Å². The summed E-state index contributed by atoms with van der Waals surface area (Å²) in [7, 11) is 0. The lowest BCUT2D eigenvalue weighted by Crippen LogP contribution is -2.24. The Labute approximate surface area is 167 Å². The monoisotopic (exact) mass is 395 g/mol. The first-order valence-electron chi connectivity index (χ1n) is 8.87. The molecule has 0 fully saturated rings. The number of benzene rings is 2. The van der Waals surface area contributed by atoms with Gasteiger partial charge in [-0.2, -0.15) is 0 Å². The molecule has 0 radical (unpaired) electrons. The minimum Gasteiger partial charge on any atom is -0.493 e. The molecule has 2 N–H and O–H groups in total. The molecule has 1 aromatic heterocycles. The van der Waals surface area contributed by atoms with Gasteiger partial charge in [0.15, 0.2) is 5.13 Å². The summed E-state index contributed by atoms with van der Waals surface area (Å²) in [5.41, 5.74) is 2.33. The average Bonchev–Trinajstić information content (AvgIpc) is 3.12. The number of nitrogens with one attached hydrogen (secondary N) is 2. The molecule has 7 heteroatoms. The number of hydrogen-bond donors (Lipinski definition) is 2. The van der Waals surface area contributed by atoms with Gasteiger partial charge in [0.2, 0.25) is 5.91 Å². The Morgan fingerprint density at radius 2 is 1.82 bits per heavy atom. The molecule has 0 saturated heterocycles. The van der Waals surface area contributed by atoms with Crippen molar-refractivity contribution < 1.29 is 14.3 Å². The Morgan fingerprint density at radius 3 is 2.50 bits per heavy atom. The number of thiazole rings is 1. The van der Waals surface area contributed by atoms with E-state index < -0.39 is 0 Å². The number of rotatable bonds is 8. The predicted molar refractivity (Wildman–Crippen MR) is 110 cm³/mol. The van der Waals surface area contributed by atoms with Gasteiger partial charge in [0.05, 0.1) is 18.7 Å². The van der Waals surface area contributed by atoms with Gasteiger partial charge in [0.25, 0.3) is 5.91 Å². The van der Waals surface area contributed by atoms with Gasteiger partial charge in [0, 0.05) is 17.5 Å². The summed E-state index contributed by atoms with van der Waals surface area (Å²) in [5, 5.41) is 8.08. The van der Waals surface area contributed by atoms with Gasteiger partial charge in [-0.3, -0.25) is 14.9 Å². The van der Waals surface area contributed by atoms with E-state index >= 15 is 0 Å². The zero-order valence-corrected chi connectivity index (χ0v) is 16.3. The van der Waals surface area contributed by atoms with Crippen molar-refractivity contribution in [1.29, 1.82) is 0 Å². The number of hydrogen-bond acceptors (Lipinski definition) is 5. The van der Waals surface area contributed by atoms with Crippen LogP contribution in [-0.4, -0.2) is 23.4 Å². The van der Waals surface area contributed by atoms with Crippen molar-refractivity contribution >= 4 is 28.3 Å². The van der Waals surface area contributed by atoms with Gasteiger partial charge in [-0.05, 0) is 36.8 Å². The fraction of sp³-hybridized carbons (Fsp3) is 0.190. The second-order valence-corrected chi connectivity index (χ2v) is 6.99. The molecule has 3 aromatic rings. The van der Waals surface area contributed by atoms with Crippen molar-refractivity contribution in [2.75, 3.05) is 11.9 Å². The molecule has 0 saturated carbocycles. The molecule has 1 heterocycles. The minimum absolute atomic E-state index is 0.0862. The summed E-state index contributed by atoms with van der Waals surface area (Å²) in [6.45, 7) is 2.60. The van der Waals surface area contributed by atoms with Crippen molar-refractivity contribution in [1.82, 2.24) is 10.3 Å². The molecular weight excluding hydrogens is 374 g/mol. The quantitative estimate of drug-likeness (QED) is 0.608. The van der Waals surface area contributed by atoms with Crippen molar-refractivity contribution in [2.45, 2.75) is 19.9 Å². The lowest BCUT2D eigenvalue weighted by molar-refractivity contribution is -0.121. The van der Waals surface area contributed by atoms with Gasteiger partial charge >= 0.3 is 0 Å². The van der Waals surface area contributed by atoms with Gasteiger partial charge in [0.1, 0.15) is 5.75 Å². The highest BCUT2D eigenvalue weighted by Gasteiger charge is 2.09. The molecule has 2 amide bonds. The number of aromatic nitrogens is 1. The molecule has 28 heavy (non-hydrogen) atoms. The van der Waals surface area contributed by atoms with Crippen LogP contribution in [0.2, 0.25) is 0 Å². The number of para-hydroxylation sites is 1. The highest BCUT2D eigenvalue weighted by atomic mass is 32.1. The molecule has 0 aliphatic heterocycles. The van der Waals surface area contributed by atoms with Crippen LogP contribution in [-0.2, 0) is 11.3 Å². The molecule has 144 valence electrons. The Kier molecular flexibility index (Phi) is 6.75. The first-order chi connectivity index (χ1) is 13.6. The third-order valence-corrected chi connectivity index (χ3v) is 4.76. The summed E-state index contributed by atoms with van der Waals surface area (Å²) in [6, 6.07) is 16.5. The van der Waals surface area contributed by atoms with E-state index in [0.29, 0.717) is 23.8 Å². The van der Waals surface area contributed by atoms with E-state index in [1.165, 1.54) is 11.3 Å². The second kappa shape index (κ2) is 9.66. The van der Waals surface area contributed by atoms with Gasteiger partial charge in [-0.25, -0.2) is 4.98 Å². The van der Waals surface area contributed by atoms with Crippen LogP contribution >= 0.6 is 11.3 Å². The van der Waals surface area contributed by atoms with Gasteiger partial charge < -0.3 is 10.1 Å². The van der Waals surface area contributed by atoms with Crippen LogP contribution < -0.4 is 15.4 Å². The maximum Gasteiger partial charge on any atom is 0.257 e. The number of aryl methyl sites for hydroxylation is 1. The van der Waals surface area contributed by atoms with E-state index in [1.54, 1.807) is 12.1 Å². The Morgan fingerprint density at radius 1 is 1.07 bits per heavy atom. The Bertz CT molecular complexity index is 924. The lowest BCUT2D eigenvalue weighted by atomic mass is 10.1. The number of ether oxygens (including phenoxy) is 1. The summed E-state index contributed by atoms with van der Waals surface area (Å²) in [6.07, 6.45) is 0.280. The topological polar surface area (TPSA) is 80.3 Å². The molecule has 0 bridgehead atoms. The normalized spacial score (nSPS) is 10.3. The van der Waals surface area contributed by atoms with Gasteiger partial charge in [-0.1, -0.05) is 30.3 Å². The molecule has 2 aromatic carbocycles.